The summed E-state index contributed by atoms with van der Waals surface area (Å²) in [6.45, 7) is 7.33. The number of hydrogen-bond acceptors (Lipinski definition) is 2. The monoisotopic (exact) mass is 303 g/mol. The Morgan fingerprint density at radius 1 is 1.14 bits per heavy atom. The highest BCUT2D eigenvalue weighted by atomic mass is 35.5. The van der Waals surface area contributed by atoms with Gasteiger partial charge in [-0.3, -0.25) is 0 Å². The largest absolute Gasteiger partial charge is 0.457 e. The number of halogens is 1. The molecule has 0 bridgehead atoms. The summed E-state index contributed by atoms with van der Waals surface area (Å²) < 4.78 is 5.92. The molecule has 0 aliphatic carbocycles. The minimum Gasteiger partial charge on any atom is -0.457 e. The van der Waals surface area contributed by atoms with E-state index in [2.05, 4.69) is 31.3 Å². The molecule has 1 atom stereocenters. The van der Waals surface area contributed by atoms with Gasteiger partial charge in [-0.05, 0) is 68.3 Å². The molecule has 0 amide bonds. The van der Waals surface area contributed by atoms with Crippen molar-refractivity contribution in [2.45, 2.75) is 33.2 Å². The van der Waals surface area contributed by atoms with Crippen molar-refractivity contribution in [3.05, 3.63) is 58.6 Å². The summed E-state index contributed by atoms with van der Waals surface area (Å²) in [7, 11) is 0. The zero-order valence-corrected chi connectivity index (χ0v) is 13.6. The van der Waals surface area contributed by atoms with Gasteiger partial charge in [-0.1, -0.05) is 30.7 Å². The first kappa shape index (κ1) is 15.9. The van der Waals surface area contributed by atoms with E-state index in [9.17, 15) is 0 Å². The Hall–Kier alpha value is -1.51. The molecule has 112 valence electrons. The van der Waals surface area contributed by atoms with Gasteiger partial charge >= 0.3 is 0 Å². The topological polar surface area (TPSA) is 21.3 Å². The van der Waals surface area contributed by atoms with Gasteiger partial charge in [0, 0.05) is 11.1 Å². The predicted molar refractivity (Wildman–Crippen MR) is 89.4 cm³/mol. The smallest absolute Gasteiger partial charge is 0.127 e. The van der Waals surface area contributed by atoms with Crippen LogP contribution < -0.4 is 10.1 Å². The molecular formula is C18H22ClNO. The summed E-state index contributed by atoms with van der Waals surface area (Å²) in [5, 5.41) is 4.24. The van der Waals surface area contributed by atoms with Crippen LogP contribution in [-0.4, -0.2) is 6.54 Å². The van der Waals surface area contributed by atoms with Crippen molar-refractivity contribution in [3.8, 4) is 11.5 Å². The van der Waals surface area contributed by atoms with Crippen molar-refractivity contribution in [2.24, 2.45) is 0 Å². The zero-order valence-electron chi connectivity index (χ0n) is 12.8. The van der Waals surface area contributed by atoms with Crippen molar-refractivity contribution < 1.29 is 4.74 Å². The van der Waals surface area contributed by atoms with E-state index in [0.717, 1.165) is 35.1 Å². The summed E-state index contributed by atoms with van der Waals surface area (Å²) >= 11 is 6.04. The standard InChI is InChI=1S/C18H22ClNO/c1-4-10-20-14(3)15-6-5-7-16(12-15)21-17-8-9-18(19)13(2)11-17/h5-9,11-12,14,20H,4,10H2,1-3H3. The molecule has 2 nitrogen and oxygen atoms in total. The first-order valence-electron chi connectivity index (χ1n) is 7.37. The third-order valence-electron chi connectivity index (χ3n) is 3.42. The Labute approximate surface area is 132 Å². The summed E-state index contributed by atoms with van der Waals surface area (Å²) in [6.07, 6.45) is 1.13. The minimum atomic E-state index is 0.320. The average Bonchev–Trinajstić information content (AvgIpc) is 2.49. The molecule has 0 saturated carbocycles. The van der Waals surface area contributed by atoms with Gasteiger partial charge in [0.2, 0.25) is 0 Å². The molecule has 0 fully saturated rings. The molecule has 21 heavy (non-hydrogen) atoms. The van der Waals surface area contributed by atoms with E-state index in [1.807, 2.05) is 37.3 Å². The van der Waals surface area contributed by atoms with Crippen molar-refractivity contribution in [3.63, 3.8) is 0 Å². The second kappa shape index (κ2) is 7.48. The van der Waals surface area contributed by atoms with Crippen molar-refractivity contribution in [1.29, 1.82) is 0 Å². The van der Waals surface area contributed by atoms with Crippen LogP contribution in [0.25, 0.3) is 0 Å². The van der Waals surface area contributed by atoms with Crippen molar-refractivity contribution in [2.75, 3.05) is 6.54 Å². The molecule has 1 unspecified atom stereocenters. The molecule has 0 aromatic heterocycles. The first-order valence-corrected chi connectivity index (χ1v) is 7.75. The van der Waals surface area contributed by atoms with Gasteiger partial charge in [-0.15, -0.1) is 0 Å². The van der Waals surface area contributed by atoms with Crippen LogP contribution in [0.4, 0.5) is 0 Å². The van der Waals surface area contributed by atoms with Crippen LogP contribution >= 0.6 is 11.6 Å². The number of rotatable bonds is 6. The van der Waals surface area contributed by atoms with Gasteiger partial charge in [0.25, 0.3) is 0 Å². The third-order valence-corrected chi connectivity index (χ3v) is 3.85. The number of ether oxygens (including phenoxy) is 1. The lowest BCUT2D eigenvalue weighted by Crippen LogP contribution is -2.19. The second-order valence-corrected chi connectivity index (χ2v) is 5.67. The maximum Gasteiger partial charge on any atom is 0.127 e. The quantitative estimate of drug-likeness (QED) is 0.760. The highest BCUT2D eigenvalue weighted by molar-refractivity contribution is 6.31. The molecule has 2 rings (SSSR count). The van der Waals surface area contributed by atoms with E-state index in [0.29, 0.717) is 6.04 Å². The Kier molecular flexibility index (Phi) is 5.66. The summed E-state index contributed by atoms with van der Waals surface area (Å²) in [5.74, 6) is 1.66. The molecule has 2 aromatic rings. The van der Waals surface area contributed by atoms with E-state index in [4.69, 9.17) is 16.3 Å². The lowest BCUT2D eigenvalue weighted by atomic mass is 10.1. The molecule has 3 heteroatoms. The number of hydrogen-bond donors (Lipinski definition) is 1. The number of benzene rings is 2. The average molecular weight is 304 g/mol. The Morgan fingerprint density at radius 3 is 2.62 bits per heavy atom. The van der Waals surface area contributed by atoms with E-state index in [1.165, 1.54) is 5.56 Å². The fraction of sp³-hybridized carbons (Fsp3) is 0.333. The fourth-order valence-corrected chi connectivity index (χ4v) is 2.26. The predicted octanol–water partition coefficient (Wildman–Crippen LogP) is 5.50. The summed E-state index contributed by atoms with van der Waals surface area (Å²) in [4.78, 5) is 0. The van der Waals surface area contributed by atoms with Crippen LogP contribution in [0.1, 0.15) is 37.4 Å². The molecule has 0 spiro atoms. The molecule has 0 aliphatic heterocycles. The zero-order chi connectivity index (χ0) is 15.2. The van der Waals surface area contributed by atoms with E-state index in [-0.39, 0.29) is 0 Å². The van der Waals surface area contributed by atoms with Crippen LogP contribution in [0.5, 0.6) is 11.5 Å². The van der Waals surface area contributed by atoms with Crippen LogP contribution in [0.15, 0.2) is 42.5 Å². The molecular weight excluding hydrogens is 282 g/mol. The maximum absolute atomic E-state index is 6.04. The molecule has 1 N–H and O–H groups in total. The number of aryl methyl sites for hydroxylation is 1. The van der Waals surface area contributed by atoms with Crippen LogP contribution in [0.2, 0.25) is 5.02 Å². The van der Waals surface area contributed by atoms with Gasteiger partial charge in [0.05, 0.1) is 0 Å². The lowest BCUT2D eigenvalue weighted by Gasteiger charge is -2.15. The van der Waals surface area contributed by atoms with E-state index < -0.39 is 0 Å². The molecule has 0 aliphatic rings. The molecule has 0 radical (unpaired) electrons. The van der Waals surface area contributed by atoms with Gasteiger partial charge in [0.15, 0.2) is 0 Å². The van der Waals surface area contributed by atoms with Gasteiger partial charge in [0.1, 0.15) is 11.5 Å². The molecule has 0 saturated heterocycles. The summed E-state index contributed by atoms with van der Waals surface area (Å²) in [6, 6.07) is 14.2. The third kappa shape index (κ3) is 4.48. The maximum atomic E-state index is 6.04. The second-order valence-electron chi connectivity index (χ2n) is 5.26. The Bertz CT molecular complexity index is 598. The highest BCUT2D eigenvalue weighted by Gasteiger charge is 2.06. The first-order chi connectivity index (χ1) is 10.1. The van der Waals surface area contributed by atoms with Crippen LogP contribution in [0.3, 0.4) is 0 Å². The molecule has 2 aromatic carbocycles. The van der Waals surface area contributed by atoms with Gasteiger partial charge in [-0.2, -0.15) is 0 Å². The Morgan fingerprint density at radius 2 is 1.90 bits per heavy atom. The Balaban J connectivity index is 2.11. The van der Waals surface area contributed by atoms with Crippen LogP contribution in [-0.2, 0) is 0 Å². The van der Waals surface area contributed by atoms with Gasteiger partial charge < -0.3 is 10.1 Å². The van der Waals surface area contributed by atoms with Crippen LogP contribution in [0, 0.1) is 6.92 Å². The fourth-order valence-electron chi connectivity index (χ4n) is 2.14. The minimum absolute atomic E-state index is 0.320. The van der Waals surface area contributed by atoms with Gasteiger partial charge in [-0.25, -0.2) is 0 Å². The van der Waals surface area contributed by atoms with E-state index >= 15 is 0 Å². The number of nitrogens with one attached hydrogen (secondary N) is 1. The van der Waals surface area contributed by atoms with Crippen molar-refractivity contribution in [1.82, 2.24) is 5.32 Å². The lowest BCUT2D eigenvalue weighted by molar-refractivity contribution is 0.479. The normalized spacial score (nSPS) is 12.2. The van der Waals surface area contributed by atoms with E-state index in [1.54, 1.807) is 0 Å². The van der Waals surface area contributed by atoms with Crippen molar-refractivity contribution >= 4 is 11.6 Å². The summed E-state index contributed by atoms with van der Waals surface area (Å²) in [5.41, 5.74) is 2.25. The SMILES string of the molecule is CCCNC(C)c1cccc(Oc2ccc(Cl)c(C)c2)c1. The highest BCUT2D eigenvalue weighted by Crippen LogP contribution is 2.27. The molecule has 0 heterocycles.